The number of amides is 1. The third kappa shape index (κ3) is 2.83. The predicted molar refractivity (Wildman–Crippen MR) is 94.3 cm³/mol. The number of aryl methyl sites for hydroxylation is 1. The monoisotopic (exact) mass is 352 g/mol. The molecular formula is C19H16N2O5. The smallest absolute Gasteiger partial charge is 0.295 e. The number of aliphatic hydroxyl groups is 1. The van der Waals surface area contributed by atoms with Crippen LogP contribution in [-0.4, -0.2) is 33.7 Å². The molecule has 0 aliphatic carbocycles. The molecule has 2 aromatic rings. The number of hydrogen-bond donors (Lipinski definition) is 1. The van der Waals surface area contributed by atoms with Crippen LogP contribution in [0.1, 0.15) is 22.7 Å². The molecule has 1 unspecified atom stereocenters. The van der Waals surface area contributed by atoms with Crippen molar-refractivity contribution in [2.45, 2.75) is 13.0 Å². The van der Waals surface area contributed by atoms with Crippen molar-refractivity contribution < 1.29 is 19.6 Å². The lowest BCUT2D eigenvalue weighted by atomic mass is 9.95. The zero-order valence-corrected chi connectivity index (χ0v) is 14.2. The number of benzene rings is 2. The average molecular weight is 352 g/mol. The van der Waals surface area contributed by atoms with E-state index in [-0.39, 0.29) is 17.0 Å². The van der Waals surface area contributed by atoms with Crippen LogP contribution in [0.3, 0.4) is 0 Å². The molecule has 0 saturated carbocycles. The summed E-state index contributed by atoms with van der Waals surface area (Å²) in [5, 5.41) is 21.7. The molecule has 0 bridgehead atoms. The lowest BCUT2D eigenvalue weighted by Crippen LogP contribution is -2.24. The zero-order chi connectivity index (χ0) is 19.0. The van der Waals surface area contributed by atoms with Gasteiger partial charge in [0.15, 0.2) is 0 Å². The Hall–Kier alpha value is -3.48. The minimum atomic E-state index is -0.892. The Bertz CT molecular complexity index is 947. The minimum Gasteiger partial charge on any atom is -0.507 e. The van der Waals surface area contributed by atoms with E-state index >= 15 is 0 Å². The molecule has 0 radical (unpaired) electrons. The van der Waals surface area contributed by atoms with Gasteiger partial charge < -0.3 is 10.0 Å². The number of ketones is 1. The SMILES string of the molecule is Cc1ccc(/C(O)=C2/C(=O)C(=O)N(C)C2c2cccc([N+](=O)[O-])c2)cc1. The number of nitro benzene ring substituents is 1. The lowest BCUT2D eigenvalue weighted by molar-refractivity contribution is -0.384. The van der Waals surface area contributed by atoms with Crippen LogP contribution in [0, 0.1) is 17.0 Å². The predicted octanol–water partition coefficient (Wildman–Crippen LogP) is 2.95. The Kier molecular flexibility index (Phi) is 4.29. The Morgan fingerprint density at radius 1 is 1.15 bits per heavy atom. The molecule has 3 rings (SSSR count). The van der Waals surface area contributed by atoms with Gasteiger partial charge in [0.25, 0.3) is 17.4 Å². The number of carbonyl (C=O) groups is 2. The minimum absolute atomic E-state index is 0.0816. The van der Waals surface area contributed by atoms with E-state index in [9.17, 15) is 24.8 Å². The summed E-state index contributed by atoms with van der Waals surface area (Å²) in [5.74, 6) is -1.89. The maximum atomic E-state index is 12.5. The number of Topliss-reactive ketones (excluding diaryl/α,β-unsaturated/α-hetero) is 1. The molecule has 1 N–H and O–H groups in total. The van der Waals surface area contributed by atoms with E-state index in [2.05, 4.69) is 0 Å². The van der Waals surface area contributed by atoms with Crippen molar-refractivity contribution >= 4 is 23.1 Å². The second kappa shape index (κ2) is 6.44. The Morgan fingerprint density at radius 2 is 1.81 bits per heavy atom. The summed E-state index contributed by atoms with van der Waals surface area (Å²) in [6.45, 7) is 1.89. The molecule has 0 spiro atoms. The van der Waals surface area contributed by atoms with Gasteiger partial charge in [0.1, 0.15) is 5.76 Å². The molecule has 1 fully saturated rings. The number of likely N-dealkylation sites (tertiary alicyclic amines) is 1. The number of non-ortho nitro benzene ring substituents is 1. The van der Waals surface area contributed by atoms with E-state index < -0.39 is 22.7 Å². The first-order valence-corrected chi connectivity index (χ1v) is 7.87. The Balaban J connectivity index is 2.18. The highest BCUT2D eigenvalue weighted by Crippen LogP contribution is 2.39. The standard InChI is InChI=1S/C19H16N2O5/c1-11-6-8-12(9-7-11)17(22)15-16(20(2)19(24)18(15)23)13-4-3-5-14(10-13)21(25)26/h3-10,16,22H,1-2H3/b17-15-. The quantitative estimate of drug-likeness (QED) is 0.301. The first kappa shape index (κ1) is 17.3. The number of rotatable bonds is 3. The summed E-state index contributed by atoms with van der Waals surface area (Å²) in [7, 11) is 1.43. The van der Waals surface area contributed by atoms with Crippen LogP contribution < -0.4 is 0 Å². The summed E-state index contributed by atoms with van der Waals surface area (Å²) in [6.07, 6.45) is 0. The third-order valence-corrected chi connectivity index (χ3v) is 4.40. The van der Waals surface area contributed by atoms with Crippen LogP contribution >= 0.6 is 0 Å². The van der Waals surface area contributed by atoms with Crippen molar-refractivity contribution in [3.63, 3.8) is 0 Å². The molecule has 7 nitrogen and oxygen atoms in total. The lowest BCUT2D eigenvalue weighted by Gasteiger charge is -2.20. The fraction of sp³-hybridized carbons (Fsp3) is 0.158. The average Bonchev–Trinajstić information content (AvgIpc) is 2.86. The van der Waals surface area contributed by atoms with Crippen molar-refractivity contribution in [1.29, 1.82) is 0 Å². The highest BCUT2D eigenvalue weighted by molar-refractivity contribution is 6.46. The zero-order valence-electron chi connectivity index (χ0n) is 14.2. The van der Waals surface area contributed by atoms with Crippen molar-refractivity contribution in [3.05, 3.63) is 80.9 Å². The number of hydrogen-bond acceptors (Lipinski definition) is 5. The van der Waals surface area contributed by atoms with E-state index in [1.54, 1.807) is 30.3 Å². The summed E-state index contributed by atoms with van der Waals surface area (Å²) >= 11 is 0. The third-order valence-electron chi connectivity index (χ3n) is 4.40. The van der Waals surface area contributed by atoms with Crippen molar-refractivity contribution in [1.82, 2.24) is 4.90 Å². The summed E-state index contributed by atoms with van der Waals surface area (Å²) in [4.78, 5) is 36.3. The van der Waals surface area contributed by atoms with E-state index in [4.69, 9.17) is 0 Å². The maximum Gasteiger partial charge on any atom is 0.295 e. The van der Waals surface area contributed by atoms with Gasteiger partial charge in [0, 0.05) is 24.7 Å². The number of nitro groups is 1. The fourth-order valence-corrected chi connectivity index (χ4v) is 3.01. The van der Waals surface area contributed by atoms with Gasteiger partial charge >= 0.3 is 0 Å². The molecule has 1 aliphatic heterocycles. The van der Waals surface area contributed by atoms with Crippen molar-refractivity contribution in [3.8, 4) is 0 Å². The van der Waals surface area contributed by atoms with Crippen molar-refractivity contribution in [2.75, 3.05) is 7.05 Å². The summed E-state index contributed by atoms with van der Waals surface area (Å²) in [6, 6.07) is 11.7. The van der Waals surface area contributed by atoms with Gasteiger partial charge in [-0.1, -0.05) is 42.0 Å². The Labute approximate surface area is 149 Å². The first-order chi connectivity index (χ1) is 12.3. The van der Waals surface area contributed by atoms with Crippen LogP contribution in [-0.2, 0) is 9.59 Å². The molecule has 1 aliphatic rings. The molecule has 1 saturated heterocycles. The van der Waals surface area contributed by atoms with E-state index in [1.165, 1.54) is 30.1 Å². The van der Waals surface area contributed by atoms with Crippen LogP contribution in [0.25, 0.3) is 5.76 Å². The highest BCUT2D eigenvalue weighted by Gasteiger charge is 2.44. The first-order valence-electron chi connectivity index (χ1n) is 7.87. The largest absolute Gasteiger partial charge is 0.507 e. The molecular weight excluding hydrogens is 336 g/mol. The molecule has 1 amide bonds. The van der Waals surface area contributed by atoms with Gasteiger partial charge in [-0.15, -0.1) is 0 Å². The number of carbonyl (C=O) groups excluding carboxylic acids is 2. The van der Waals surface area contributed by atoms with Gasteiger partial charge in [-0.25, -0.2) is 0 Å². The fourth-order valence-electron chi connectivity index (χ4n) is 3.01. The normalized spacial score (nSPS) is 19.0. The van der Waals surface area contributed by atoms with Crippen LogP contribution in [0.15, 0.2) is 54.1 Å². The van der Waals surface area contributed by atoms with E-state index in [0.29, 0.717) is 11.1 Å². The molecule has 1 heterocycles. The number of nitrogens with zero attached hydrogens (tertiary/aromatic N) is 2. The van der Waals surface area contributed by atoms with Gasteiger partial charge in [-0.05, 0) is 12.5 Å². The van der Waals surface area contributed by atoms with Gasteiger partial charge in [0.05, 0.1) is 16.5 Å². The van der Waals surface area contributed by atoms with E-state index in [0.717, 1.165) is 5.56 Å². The molecule has 132 valence electrons. The number of aliphatic hydroxyl groups excluding tert-OH is 1. The Morgan fingerprint density at radius 3 is 2.42 bits per heavy atom. The number of likely N-dealkylation sites (N-methyl/N-ethyl adjacent to an activating group) is 1. The van der Waals surface area contributed by atoms with Gasteiger partial charge in [-0.3, -0.25) is 19.7 Å². The van der Waals surface area contributed by atoms with Gasteiger partial charge in [0.2, 0.25) is 0 Å². The summed E-state index contributed by atoms with van der Waals surface area (Å²) in [5.41, 5.74) is 1.53. The second-order valence-electron chi connectivity index (χ2n) is 6.13. The van der Waals surface area contributed by atoms with Gasteiger partial charge in [-0.2, -0.15) is 0 Å². The molecule has 7 heteroatoms. The molecule has 1 atom stereocenters. The van der Waals surface area contributed by atoms with Crippen LogP contribution in [0.2, 0.25) is 0 Å². The topological polar surface area (TPSA) is 101 Å². The molecule has 0 aromatic heterocycles. The second-order valence-corrected chi connectivity index (χ2v) is 6.13. The van der Waals surface area contributed by atoms with Crippen LogP contribution in [0.5, 0.6) is 0 Å². The summed E-state index contributed by atoms with van der Waals surface area (Å²) < 4.78 is 0. The highest BCUT2D eigenvalue weighted by atomic mass is 16.6. The van der Waals surface area contributed by atoms with Crippen molar-refractivity contribution in [2.24, 2.45) is 0 Å². The molecule has 26 heavy (non-hydrogen) atoms. The maximum absolute atomic E-state index is 12.5. The van der Waals surface area contributed by atoms with Crippen LogP contribution in [0.4, 0.5) is 5.69 Å². The molecule has 2 aromatic carbocycles. The van der Waals surface area contributed by atoms with E-state index in [1.807, 2.05) is 6.92 Å².